The fourth-order valence-corrected chi connectivity index (χ4v) is 5.19. The maximum Gasteiger partial charge on any atom is 0.173 e. The van der Waals surface area contributed by atoms with Gasteiger partial charge in [0.25, 0.3) is 0 Å². The minimum atomic E-state index is -1.83. The summed E-state index contributed by atoms with van der Waals surface area (Å²) >= 11 is 5.41. The van der Waals surface area contributed by atoms with Crippen LogP contribution in [0, 0.1) is 0 Å². The lowest BCUT2D eigenvalue weighted by Gasteiger charge is -2.44. The molecule has 7 nitrogen and oxygen atoms in total. The Balaban J connectivity index is 1.33. The second-order valence-corrected chi connectivity index (χ2v) is 9.40. The molecule has 2 saturated heterocycles. The van der Waals surface area contributed by atoms with Crippen molar-refractivity contribution in [2.75, 3.05) is 18.4 Å². The van der Waals surface area contributed by atoms with Crippen molar-refractivity contribution in [3.8, 4) is 11.1 Å². The smallest absolute Gasteiger partial charge is 0.173 e. The van der Waals surface area contributed by atoms with Crippen molar-refractivity contribution in [3.63, 3.8) is 0 Å². The summed E-state index contributed by atoms with van der Waals surface area (Å²) in [6.07, 6.45) is -0.458. The number of nitrogens with one attached hydrogen (secondary N) is 2. The minimum absolute atomic E-state index is 0.223. The van der Waals surface area contributed by atoms with Crippen LogP contribution in [0.25, 0.3) is 11.1 Å². The Morgan fingerprint density at radius 1 is 1.06 bits per heavy atom. The van der Waals surface area contributed by atoms with Gasteiger partial charge in [-0.3, -0.25) is 4.90 Å². The van der Waals surface area contributed by atoms with Crippen LogP contribution < -0.4 is 10.6 Å². The van der Waals surface area contributed by atoms with E-state index in [2.05, 4.69) is 41.8 Å². The van der Waals surface area contributed by atoms with Gasteiger partial charge in [0.15, 0.2) is 10.8 Å². The van der Waals surface area contributed by atoms with Crippen LogP contribution in [0.4, 0.5) is 5.69 Å². The highest BCUT2D eigenvalue weighted by Gasteiger charge is 2.61. The van der Waals surface area contributed by atoms with E-state index in [4.69, 9.17) is 12.2 Å². The Hall–Kier alpha value is -2.07. The van der Waals surface area contributed by atoms with Gasteiger partial charge in [-0.25, -0.2) is 0 Å². The van der Waals surface area contributed by atoms with Crippen LogP contribution in [-0.2, 0) is 6.42 Å². The highest BCUT2D eigenvalue weighted by Crippen LogP contribution is 2.39. The van der Waals surface area contributed by atoms with Crippen LogP contribution in [0.5, 0.6) is 0 Å². The van der Waals surface area contributed by atoms with E-state index in [9.17, 15) is 20.4 Å². The molecule has 2 fully saturated rings. The summed E-state index contributed by atoms with van der Waals surface area (Å²) in [5, 5.41) is 48.5. The first-order chi connectivity index (χ1) is 15.8. The average Bonchev–Trinajstić information content (AvgIpc) is 3.01. The Labute approximate surface area is 200 Å². The van der Waals surface area contributed by atoms with E-state index in [-0.39, 0.29) is 6.54 Å². The van der Waals surface area contributed by atoms with Gasteiger partial charge in [0.05, 0.1) is 12.1 Å². The molecule has 0 saturated carbocycles. The number of fused-ring (bicyclic) bond motifs is 1. The van der Waals surface area contributed by atoms with E-state index in [1.54, 1.807) is 4.90 Å². The number of aliphatic hydroxyl groups is 4. The third kappa shape index (κ3) is 4.77. The molecule has 178 valence electrons. The molecule has 5 atom stereocenters. The predicted octanol–water partition coefficient (Wildman–Crippen LogP) is 1.84. The molecule has 2 aromatic rings. The second-order valence-electron chi connectivity index (χ2n) is 9.00. The first kappa shape index (κ1) is 24.1. The van der Waals surface area contributed by atoms with E-state index in [1.807, 2.05) is 24.3 Å². The molecule has 2 heterocycles. The summed E-state index contributed by atoms with van der Waals surface area (Å²) in [5.74, 6) is 0. The quantitative estimate of drug-likeness (QED) is 0.355. The van der Waals surface area contributed by atoms with Gasteiger partial charge in [0.2, 0.25) is 0 Å². The number of piperidine rings is 1. The minimum Gasteiger partial charge on any atom is -0.389 e. The largest absolute Gasteiger partial charge is 0.389 e. The van der Waals surface area contributed by atoms with Gasteiger partial charge in [0.1, 0.15) is 12.2 Å². The number of thiocarbonyl (C=S) groups is 1. The number of hydrogen-bond acceptors (Lipinski definition) is 6. The van der Waals surface area contributed by atoms with Crippen LogP contribution in [0.2, 0.25) is 0 Å². The molecular formula is C25H33N3O4S. The zero-order valence-electron chi connectivity index (χ0n) is 18.8. The average molecular weight is 472 g/mol. The van der Waals surface area contributed by atoms with Crippen LogP contribution in [0.15, 0.2) is 48.5 Å². The Morgan fingerprint density at radius 3 is 2.33 bits per heavy atom. The molecule has 2 aliphatic heterocycles. The highest BCUT2D eigenvalue weighted by atomic mass is 32.1. The van der Waals surface area contributed by atoms with Crippen molar-refractivity contribution < 1.29 is 20.4 Å². The molecular weight excluding hydrogens is 438 g/mol. The van der Waals surface area contributed by atoms with Gasteiger partial charge in [-0.1, -0.05) is 49.7 Å². The molecule has 0 amide bonds. The van der Waals surface area contributed by atoms with Gasteiger partial charge in [0, 0.05) is 18.8 Å². The summed E-state index contributed by atoms with van der Waals surface area (Å²) < 4.78 is 0. The molecule has 2 aliphatic rings. The lowest BCUT2D eigenvalue weighted by Crippen LogP contribution is -2.63. The van der Waals surface area contributed by atoms with E-state index in [0.29, 0.717) is 24.5 Å². The normalized spacial score (nSPS) is 29.5. The van der Waals surface area contributed by atoms with E-state index < -0.39 is 30.1 Å². The fraction of sp³-hybridized carbons (Fsp3) is 0.480. The summed E-state index contributed by atoms with van der Waals surface area (Å²) in [5.41, 5.74) is 2.62. The topological polar surface area (TPSA) is 108 Å². The van der Waals surface area contributed by atoms with Crippen molar-refractivity contribution in [2.24, 2.45) is 0 Å². The van der Waals surface area contributed by atoms with Gasteiger partial charge in [-0.15, -0.1) is 0 Å². The summed E-state index contributed by atoms with van der Waals surface area (Å²) in [7, 11) is 0. The number of benzene rings is 2. The molecule has 0 aromatic heterocycles. The van der Waals surface area contributed by atoms with Crippen molar-refractivity contribution in [1.82, 2.24) is 10.2 Å². The molecule has 0 aliphatic carbocycles. The molecule has 33 heavy (non-hydrogen) atoms. The van der Waals surface area contributed by atoms with Crippen molar-refractivity contribution >= 4 is 23.0 Å². The number of hydrogen-bond donors (Lipinski definition) is 6. The SMILES string of the molecule is CCCc1ccc(-c2ccc(NC(=S)NC[C@@H]3[C@@H](O)[C@@H](O)[C@@]4(O)[C@H](O)CCCN34)cc2)cc1. The van der Waals surface area contributed by atoms with Crippen molar-refractivity contribution in [3.05, 3.63) is 54.1 Å². The Bertz CT molecular complexity index is 955. The standard InChI is InChI=1S/C25H33N3O4S/c1-2-4-16-6-8-17(9-7-16)18-10-12-19(13-11-18)27-24(33)26-15-20-22(30)23(31)25(32)21(29)5-3-14-28(20)25/h6-13,20-23,29-32H,2-5,14-15H2,1H3,(H2,26,27,33)/t20-,21-,22-,23-,25+/m1/s1. The highest BCUT2D eigenvalue weighted by molar-refractivity contribution is 7.80. The zero-order valence-corrected chi connectivity index (χ0v) is 19.6. The van der Waals surface area contributed by atoms with Gasteiger partial charge in [-0.2, -0.15) is 0 Å². The van der Waals surface area contributed by atoms with Crippen molar-refractivity contribution in [1.29, 1.82) is 0 Å². The van der Waals surface area contributed by atoms with E-state index >= 15 is 0 Å². The molecule has 6 N–H and O–H groups in total. The Morgan fingerprint density at radius 2 is 1.70 bits per heavy atom. The number of aliphatic hydroxyl groups excluding tert-OH is 3. The van der Waals surface area contributed by atoms with Crippen LogP contribution in [0.1, 0.15) is 31.7 Å². The number of nitrogens with zero attached hydrogens (tertiary/aromatic N) is 1. The van der Waals surface area contributed by atoms with Gasteiger partial charge >= 0.3 is 0 Å². The first-order valence-corrected chi connectivity index (χ1v) is 12.0. The molecule has 4 rings (SSSR count). The maximum absolute atomic E-state index is 10.8. The lowest BCUT2D eigenvalue weighted by atomic mass is 9.92. The molecule has 8 heteroatoms. The molecule has 0 radical (unpaired) electrons. The Kier molecular flexibility index (Phi) is 7.33. The van der Waals surface area contributed by atoms with E-state index in [1.165, 1.54) is 5.56 Å². The van der Waals surface area contributed by atoms with Crippen LogP contribution in [0.3, 0.4) is 0 Å². The van der Waals surface area contributed by atoms with E-state index in [0.717, 1.165) is 29.7 Å². The molecule has 0 bridgehead atoms. The summed E-state index contributed by atoms with van der Waals surface area (Å²) in [4.78, 5) is 1.59. The monoisotopic (exact) mass is 471 g/mol. The second kappa shape index (κ2) is 10.0. The lowest BCUT2D eigenvalue weighted by molar-refractivity contribution is -0.226. The number of anilines is 1. The molecule has 2 aromatic carbocycles. The third-order valence-corrected chi connectivity index (χ3v) is 7.07. The zero-order chi connectivity index (χ0) is 23.6. The predicted molar refractivity (Wildman–Crippen MR) is 133 cm³/mol. The summed E-state index contributed by atoms with van der Waals surface area (Å²) in [6.45, 7) is 2.88. The fourth-order valence-electron chi connectivity index (χ4n) is 4.98. The first-order valence-electron chi connectivity index (χ1n) is 11.6. The van der Waals surface area contributed by atoms with Crippen molar-refractivity contribution in [2.45, 2.75) is 62.7 Å². The molecule has 0 spiro atoms. The molecule has 0 unspecified atom stereocenters. The number of aryl methyl sites for hydroxylation is 1. The van der Waals surface area contributed by atoms with Gasteiger partial charge < -0.3 is 31.1 Å². The van der Waals surface area contributed by atoms with Crippen LogP contribution >= 0.6 is 12.2 Å². The summed E-state index contributed by atoms with van der Waals surface area (Å²) in [6, 6.07) is 16.0. The third-order valence-electron chi connectivity index (χ3n) is 6.82. The van der Waals surface area contributed by atoms with Crippen LogP contribution in [-0.4, -0.2) is 73.6 Å². The number of rotatable bonds is 6. The maximum atomic E-state index is 10.8. The van der Waals surface area contributed by atoms with Gasteiger partial charge in [-0.05, 0) is 60.3 Å².